The second-order valence-corrected chi connectivity index (χ2v) is 7.95. The van der Waals surface area contributed by atoms with Gasteiger partial charge in [0.25, 0.3) is 0 Å². The first kappa shape index (κ1) is 17.5. The van der Waals surface area contributed by atoms with Gasteiger partial charge in [0.1, 0.15) is 0 Å². The molecule has 0 radical (unpaired) electrons. The molecule has 0 aliphatic carbocycles. The molecule has 0 saturated carbocycles. The molecule has 0 aromatic rings. The summed E-state index contributed by atoms with van der Waals surface area (Å²) in [5, 5.41) is 2.95. The molecule has 7 nitrogen and oxygen atoms in total. The highest BCUT2D eigenvalue weighted by Gasteiger charge is 2.27. The average molecular weight is 333 g/mol. The molecule has 2 heterocycles. The fourth-order valence-electron chi connectivity index (χ4n) is 3.09. The van der Waals surface area contributed by atoms with Crippen LogP contribution in [0.25, 0.3) is 0 Å². The lowest BCUT2D eigenvalue weighted by Gasteiger charge is -2.36. The van der Waals surface area contributed by atoms with Gasteiger partial charge in [-0.3, -0.25) is 0 Å². The molecule has 2 saturated heterocycles. The minimum Gasteiger partial charge on any atom is -0.376 e. The molecule has 2 N–H and O–H groups in total. The zero-order chi connectivity index (χ0) is 16.0. The number of carbonyl (C=O) groups excluding carboxylic acids is 1. The van der Waals surface area contributed by atoms with E-state index in [2.05, 4.69) is 10.0 Å². The van der Waals surface area contributed by atoms with Gasteiger partial charge in [0, 0.05) is 32.3 Å². The summed E-state index contributed by atoms with van der Waals surface area (Å²) in [5.41, 5.74) is 0. The van der Waals surface area contributed by atoms with Gasteiger partial charge in [0.2, 0.25) is 10.0 Å². The van der Waals surface area contributed by atoms with Crippen molar-refractivity contribution in [3.8, 4) is 0 Å². The van der Waals surface area contributed by atoms with E-state index >= 15 is 0 Å². The highest BCUT2D eigenvalue weighted by Crippen LogP contribution is 2.19. The number of ether oxygens (including phenoxy) is 1. The Morgan fingerprint density at radius 2 is 2.09 bits per heavy atom. The van der Waals surface area contributed by atoms with Crippen molar-refractivity contribution >= 4 is 16.1 Å². The van der Waals surface area contributed by atoms with Crippen LogP contribution < -0.4 is 10.0 Å². The van der Waals surface area contributed by atoms with E-state index in [1.54, 1.807) is 0 Å². The summed E-state index contributed by atoms with van der Waals surface area (Å²) in [4.78, 5) is 14.2. The smallest absolute Gasteiger partial charge is 0.317 e. The first-order valence-corrected chi connectivity index (χ1v) is 9.95. The third kappa shape index (κ3) is 5.73. The number of hydrogen-bond acceptors (Lipinski definition) is 4. The van der Waals surface area contributed by atoms with E-state index in [9.17, 15) is 13.2 Å². The van der Waals surface area contributed by atoms with Crippen molar-refractivity contribution in [3.63, 3.8) is 0 Å². The highest BCUT2D eigenvalue weighted by molar-refractivity contribution is 7.88. The lowest BCUT2D eigenvalue weighted by atomic mass is 10.00. The topological polar surface area (TPSA) is 87.7 Å². The molecule has 2 rings (SSSR count). The van der Waals surface area contributed by atoms with Gasteiger partial charge in [-0.25, -0.2) is 17.9 Å². The Morgan fingerprint density at radius 3 is 2.77 bits per heavy atom. The van der Waals surface area contributed by atoms with Crippen molar-refractivity contribution in [2.45, 2.75) is 50.7 Å². The Bertz CT molecular complexity index is 463. The van der Waals surface area contributed by atoms with Crippen molar-refractivity contribution in [3.05, 3.63) is 0 Å². The summed E-state index contributed by atoms with van der Waals surface area (Å²) in [7, 11) is -3.17. The average Bonchev–Trinajstić information content (AvgIpc) is 2.97. The Hall–Kier alpha value is -0.860. The van der Waals surface area contributed by atoms with E-state index in [1.807, 2.05) is 4.90 Å². The number of likely N-dealkylation sites (tertiary alicyclic amines) is 1. The Morgan fingerprint density at radius 1 is 1.27 bits per heavy atom. The maximum atomic E-state index is 12.3. The zero-order valence-electron chi connectivity index (χ0n) is 13.2. The molecular weight excluding hydrogens is 306 g/mol. The minimum absolute atomic E-state index is 0.0560. The molecule has 2 fully saturated rings. The van der Waals surface area contributed by atoms with Crippen molar-refractivity contribution < 1.29 is 17.9 Å². The maximum Gasteiger partial charge on any atom is 0.317 e. The maximum absolute atomic E-state index is 12.3. The van der Waals surface area contributed by atoms with Gasteiger partial charge < -0.3 is 15.0 Å². The quantitative estimate of drug-likeness (QED) is 0.748. The van der Waals surface area contributed by atoms with Crippen molar-refractivity contribution in [2.75, 3.05) is 32.5 Å². The van der Waals surface area contributed by atoms with Gasteiger partial charge in [0.15, 0.2) is 0 Å². The van der Waals surface area contributed by atoms with Gasteiger partial charge in [-0.1, -0.05) is 0 Å². The normalized spacial score (nSPS) is 26.1. The van der Waals surface area contributed by atoms with Crippen molar-refractivity contribution in [2.24, 2.45) is 0 Å². The SMILES string of the molecule is CS(=O)(=O)NCC[C@H]1CCCCN1C(=O)NC[C@@H]1CCCO1. The molecule has 0 aromatic carbocycles. The van der Waals surface area contributed by atoms with E-state index in [4.69, 9.17) is 4.74 Å². The Balaban J connectivity index is 1.78. The molecule has 0 unspecified atom stereocenters. The molecular formula is C14H27N3O4S. The summed E-state index contributed by atoms with van der Waals surface area (Å²) >= 11 is 0. The van der Waals surface area contributed by atoms with Crippen LogP contribution in [0.1, 0.15) is 38.5 Å². The van der Waals surface area contributed by atoms with Gasteiger partial charge in [-0.2, -0.15) is 0 Å². The van der Waals surface area contributed by atoms with Gasteiger partial charge in [-0.05, 0) is 38.5 Å². The Labute approximate surface area is 132 Å². The fourth-order valence-corrected chi connectivity index (χ4v) is 3.58. The van der Waals surface area contributed by atoms with E-state index in [0.717, 1.165) is 51.5 Å². The number of amides is 2. The van der Waals surface area contributed by atoms with Gasteiger partial charge in [-0.15, -0.1) is 0 Å². The van der Waals surface area contributed by atoms with E-state index in [1.165, 1.54) is 0 Å². The first-order valence-electron chi connectivity index (χ1n) is 8.06. The number of nitrogens with zero attached hydrogens (tertiary/aromatic N) is 1. The number of urea groups is 1. The predicted octanol–water partition coefficient (Wildman–Crippen LogP) is 0.669. The number of hydrogen-bond donors (Lipinski definition) is 2. The summed E-state index contributed by atoms with van der Waals surface area (Å²) in [6, 6.07) is 0.0482. The van der Waals surface area contributed by atoms with Crippen LogP contribution in [0.3, 0.4) is 0 Å². The number of sulfonamides is 1. The van der Waals surface area contributed by atoms with Crippen molar-refractivity contribution in [1.29, 1.82) is 0 Å². The van der Waals surface area contributed by atoms with Crippen LogP contribution in [0.15, 0.2) is 0 Å². The summed E-state index contributed by atoms with van der Waals surface area (Å²) < 4.78 is 30.2. The van der Waals surface area contributed by atoms with Crippen LogP contribution in [0.4, 0.5) is 4.79 Å². The first-order chi connectivity index (χ1) is 10.5. The van der Waals surface area contributed by atoms with Gasteiger partial charge in [0.05, 0.1) is 12.4 Å². The monoisotopic (exact) mass is 333 g/mol. The molecule has 8 heteroatoms. The molecule has 0 bridgehead atoms. The molecule has 2 amide bonds. The molecule has 22 heavy (non-hydrogen) atoms. The van der Waals surface area contributed by atoms with Crippen LogP contribution in [0.2, 0.25) is 0 Å². The second-order valence-electron chi connectivity index (χ2n) is 6.12. The lowest BCUT2D eigenvalue weighted by Crippen LogP contribution is -2.50. The third-order valence-corrected chi connectivity index (χ3v) is 4.96. The van der Waals surface area contributed by atoms with Crippen LogP contribution >= 0.6 is 0 Å². The summed E-state index contributed by atoms with van der Waals surface area (Å²) in [5.74, 6) is 0. The van der Waals surface area contributed by atoms with Crippen LogP contribution in [0.5, 0.6) is 0 Å². The second kappa shape index (κ2) is 8.12. The molecule has 2 aliphatic rings. The number of carbonyl (C=O) groups is 1. The number of nitrogens with one attached hydrogen (secondary N) is 2. The predicted molar refractivity (Wildman–Crippen MR) is 84.2 cm³/mol. The van der Waals surface area contributed by atoms with Crippen LogP contribution in [-0.2, 0) is 14.8 Å². The summed E-state index contributed by atoms with van der Waals surface area (Å²) in [6.45, 7) is 2.45. The van der Waals surface area contributed by atoms with E-state index < -0.39 is 10.0 Å². The molecule has 2 aliphatic heterocycles. The van der Waals surface area contributed by atoms with Crippen LogP contribution in [0, 0.1) is 0 Å². The Kier molecular flexibility index (Phi) is 6.46. The molecule has 128 valence electrons. The standard InChI is InChI=1S/C14H27N3O4S/c1-22(19,20)16-8-7-12-5-2-3-9-17(12)14(18)15-11-13-6-4-10-21-13/h12-13,16H,2-11H2,1H3,(H,15,18)/t12-,13+/m1/s1. The van der Waals surface area contributed by atoms with Crippen molar-refractivity contribution in [1.82, 2.24) is 14.9 Å². The third-order valence-electron chi connectivity index (χ3n) is 4.23. The fraction of sp³-hybridized carbons (Fsp3) is 0.929. The summed E-state index contributed by atoms with van der Waals surface area (Å²) in [6.07, 6.45) is 7.02. The minimum atomic E-state index is -3.17. The molecule has 0 spiro atoms. The molecule has 0 aromatic heterocycles. The number of rotatable bonds is 6. The molecule has 2 atom stereocenters. The van der Waals surface area contributed by atoms with E-state index in [0.29, 0.717) is 19.5 Å². The largest absolute Gasteiger partial charge is 0.376 e. The van der Waals surface area contributed by atoms with Gasteiger partial charge >= 0.3 is 6.03 Å². The lowest BCUT2D eigenvalue weighted by molar-refractivity contribution is 0.104. The zero-order valence-corrected chi connectivity index (χ0v) is 14.0. The van der Waals surface area contributed by atoms with Crippen LogP contribution in [-0.4, -0.2) is 64.0 Å². The number of piperidine rings is 1. The highest BCUT2D eigenvalue weighted by atomic mass is 32.2. The van der Waals surface area contributed by atoms with E-state index in [-0.39, 0.29) is 18.2 Å².